The molecule has 1 fully saturated rings. The minimum absolute atomic E-state index is 0.360. The van der Waals surface area contributed by atoms with Crippen molar-refractivity contribution in [1.29, 1.82) is 5.26 Å². The summed E-state index contributed by atoms with van der Waals surface area (Å²) in [7, 11) is 0. The summed E-state index contributed by atoms with van der Waals surface area (Å²) < 4.78 is 4.28. The smallest absolute Gasteiger partial charge is 0.179 e. The first kappa shape index (κ1) is 13.3. The molecule has 24 heavy (non-hydrogen) atoms. The van der Waals surface area contributed by atoms with Crippen molar-refractivity contribution in [2.45, 2.75) is 31.2 Å². The van der Waals surface area contributed by atoms with Crippen LogP contribution in [-0.4, -0.2) is 29.1 Å². The lowest BCUT2D eigenvalue weighted by Gasteiger charge is -2.12. The van der Waals surface area contributed by atoms with Crippen LogP contribution in [0.1, 0.15) is 42.6 Å². The zero-order valence-corrected chi connectivity index (χ0v) is 12.9. The van der Waals surface area contributed by atoms with Crippen LogP contribution in [-0.2, 0) is 0 Å². The molecule has 118 valence electrons. The number of hydrogen-bond acceptors (Lipinski definition) is 4. The maximum atomic E-state index is 9.00. The Balaban J connectivity index is 1.52. The summed E-state index contributed by atoms with van der Waals surface area (Å²) in [5.41, 5.74) is 3.37. The summed E-state index contributed by atoms with van der Waals surface area (Å²) in [5.74, 6) is 1.37. The fourth-order valence-electron chi connectivity index (χ4n) is 3.83. The highest BCUT2D eigenvalue weighted by Gasteiger charge is 2.30. The van der Waals surface area contributed by atoms with Gasteiger partial charge >= 0.3 is 0 Å². The van der Waals surface area contributed by atoms with E-state index >= 15 is 0 Å². The van der Waals surface area contributed by atoms with E-state index in [1.54, 1.807) is 6.20 Å². The average molecular weight is 317 g/mol. The van der Waals surface area contributed by atoms with Gasteiger partial charge in [0.05, 0.1) is 17.3 Å². The zero-order chi connectivity index (χ0) is 16.1. The van der Waals surface area contributed by atoms with Crippen LogP contribution in [0.25, 0.3) is 16.8 Å². The van der Waals surface area contributed by atoms with Crippen LogP contribution in [0, 0.1) is 11.3 Å². The molecule has 0 saturated heterocycles. The van der Waals surface area contributed by atoms with Crippen LogP contribution in [0.4, 0.5) is 0 Å². The molecule has 1 N–H and O–H groups in total. The molecule has 1 saturated carbocycles. The van der Waals surface area contributed by atoms with Gasteiger partial charge in [-0.25, -0.2) is 4.98 Å². The third-order valence-electron chi connectivity index (χ3n) is 5.00. The quantitative estimate of drug-likeness (QED) is 0.616. The Bertz CT molecular complexity index is 1080. The SMILES string of the molecule is N#Cc1ccn(C2CCC(c3nnc4cnc5[nH]ccc5n34)C2)c1. The van der Waals surface area contributed by atoms with E-state index in [0.29, 0.717) is 17.5 Å². The molecule has 0 aliphatic heterocycles. The van der Waals surface area contributed by atoms with Gasteiger partial charge < -0.3 is 9.55 Å². The second kappa shape index (κ2) is 4.93. The molecule has 4 aromatic rings. The van der Waals surface area contributed by atoms with Crippen molar-refractivity contribution in [3.05, 3.63) is 48.3 Å². The molecule has 2 unspecified atom stereocenters. The number of aromatic amines is 1. The van der Waals surface area contributed by atoms with E-state index in [0.717, 1.165) is 41.9 Å². The number of fused-ring (bicyclic) bond motifs is 3. The van der Waals surface area contributed by atoms with E-state index < -0.39 is 0 Å². The minimum atomic E-state index is 0.360. The van der Waals surface area contributed by atoms with Crippen LogP contribution in [0.15, 0.2) is 36.9 Å². The molecule has 0 aromatic carbocycles. The van der Waals surface area contributed by atoms with Gasteiger partial charge in [-0.2, -0.15) is 5.26 Å². The summed E-state index contributed by atoms with van der Waals surface area (Å²) >= 11 is 0. The first-order valence-electron chi connectivity index (χ1n) is 8.08. The first-order chi connectivity index (χ1) is 11.8. The highest BCUT2D eigenvalue weighted by molar-refractivity contribution is 5.74. The molecule has 7 nitrogen and oxygen atoms in total. The molecular formula is C17H15N7. The van der Waals surface area contributed by atoms with Gasteiger partial charge in [-0.15, -0.1) is 10.2 Å². The van der Waals surface area contributed by atoms with Crippen molar-refractivity contribution in [1.82, 2.24) is 29.1 Å². The van der Waals surface area contributed by atoms with E-state index in [1.165, 1.54) is 0 Å². The molecule has 1 aliphatic carbocycles. The Hall–Kier alpha value is -3.14. The lowest BCUT2D eigenvalue weighted by molar-refractivity contribution is 0.508. The summed E-state index contributed by atoms with van der Waals surface area (Å²) in [6, 6.07) is 6.49. The van der Waals surface area contributed by atoms with Crippen LogP contribution in [0.3, 0.4) is 0 Å². The predicted octanol–water partition coefficient (Wildman–Crippen LogP) is 2.79. The van der Waals surface area contributed by atoms with Crippen molar-refractivity contribution in [3.8, 4) is 6.07 Å². The molecule has 0 amide bonds. The molecule has 5 rings (SSSR count). The normalized spacial score (nSPS) is 20.8. The van der Waals surface area contributed by atoms with Crippen LogP contribution in [0.5, 0.6) is 0 Å². The number of hydrogen-bond donors (Lipinski definition) is 1. The molecule has 1 aliphatic rings. The molecule has 2 atom stereocenters. The number of rotatable bonds is 2. The standard InChI is InChI=1S/C17H15N7/c18-8-11-4-6-23(10-11)13-2-1-12(7-13)17-22-21-15-9-20-16-14(24(15)17)3-5-19-16/h3-6,9-10,12-13,19H,1-2,7H2. The topological polar surface area (TPSA) is 87.6 Å². The summed E-state index contributed by atoms with van der Waals surface area (Å²) in [5, 5.41) is 17.7. The van der Waals surface area contributed by atoms with Crippen molar-refractivity contribution >= 4 is 16.8 Å². The van der Waals surface area contributed by atoms with Crippen LogP contribution < -0.4 is 0 Å². The number of H-pyrrole nitrogens is 1. The molecule has 4 heterocycles. The van der Waals surface area contributed by atoms with Gasteiger partial charge in [0.25, 0.3) is 0 Å². The van der Waals surface area contributed by atoms with Crippen molar-refractivity contribution in [2.75, 3.05) is 0 Å². The monoisotopic (exact) mass is 317 g/mol. The number of nitrogens with one attached hydrogen (secondary N) is 1. The molecule has 0 radical (unpaired) electrons. The Kier molecular flexibility index (Phi) is 2.73. The number of nitrogens with zero attached hydrogens (tertiary/aromatic N) is 6. The maximum Gasteiger partial charge on any atom is 0.179 e. The number of nitriles is 1. The van der Waals surface area contributed by atoms with Gasteiger partial charge in [0, 0.05) is 30.6 Å². The van der Waals surface area contributed by atoms with E-state index in [1.807, 2.05) is 30.7 Å². The summed E-state index contributed by atoms with van der Waals surface area (Å²) in [4.78, 5) is 7.51. The molecular weight excluding hydrogens is 302 g/mol. The lowest BCUT2D eigenvalue weighted by atomic mass is 10.1. The zero-order valence-electron chi connectivity index (χ0n) is 12.9. The van der Waals surface area contributed by atoms with Crippen LogP contribution in [0.2, 0.25) is 0 Å². The fraction of sp³-hybridized carbons (Fsp3) is 0.294. The van der Waals surface area contributed by atoms with Crippen molar-refractivity contribution < 1.29 is 0 Å². The highest BCUT2D eigenvalue weighted by Crippen LogP contribution is 2.40. The van der Waals surface area contributed by atoms with Crippen molar-refractivity contribution in [3.63, 3.8) is 0 Å². The van der Waals surface area contributed by atoms with Gasteiger partial charge in [0.1, 0.15) is 11.9 Å². The Morgan fingerprint density at radius 3 is 3.08 bits per heavy atom. The third kappa shape index (κ3) is 1.86. The third-order valence-corrected chi connectivity index (χ3v) is 5.00. The lowest BCUT2D eigenvalue weighted by Crippen LogP contribution is -2.05. The van der Waals surface area contributed by atoms with Gasteiger partial charge in [0.15, 0.2) is 11.3 Å². The fourth-order valence-corrected chi connectivity index (χ4v) is 3.83. The summed E-state index contributed by atoms with van der Waals surface area (Å²) in [6.45, 7) is 0. The molecule has 0 bridgehead atoms. The van der Waals surface area contributed by atoms with Gasteiger partial charge in [-0.1, -0.05) is 0 Å². The van der Waals surface area contributed by atoms with Gasteiger partial charge in [0.2, 0.25) is 0 Å². The van der Waals surface area contributed by atoms with E-state index in [-0.39, 0.29) is 0 Å². The molecule has 7 heteroatoms. The maximum absolute atomic E-state index is 9.00. The average Bonchev–Trinajstić information content (AvgIpc) is 3.38. The highest BCUT2D eigenvalue weighted by atomic mass is 15.3. The summed E-state index contributed by atoms with van der Waals surface area (Å²) in [6.07, 6.45) is 10.7. The number of aromatic nitrogens is 6. The van der Waals surface area contributed by atoms with Crippen LogP contribution >= 0.6 is 0 Å². The predicted molar refractivity (Wildman–Crippen MR) is 87.4 cm³/mol. The molecule has 4 aromatic heterocycles. The second-order valence-electron chi connectivity index (χ2n) is 6.34. The second-order valence-corrected chi connectivity index (χ2v) is 6.34. The first-order valence-corrected chi connectivity index (χ1v) is 8.08. The van der Waals surface area contributed by atoms with E-state index in [2.05, 4.69) is 35.2 Å². The minimum Gasteiger partial charge on any atom is -0.350 e. The van der Waals surface area contributed by atoms with E-state index in [4.69, 9.17) is 5.26 Å². The van der Waals surface area contributed by atoms with E-state index in [9.17, 15) is 0 Å². The molecule has 0 spiro atoms. The van der Waals surface area contributed by atoms with Crippen molar-refractivity contribution in [2.24, 2.45) is 0 Å². The Labute approximate surface area is 137 Å². The van der Waals surface area contributed by atoms with Gasteiger partial charge in [-0.3, -0.25) is 4.40 Å². The Morgan fingerprint density at radius 1 is 1.25 bits per heavy atom. The van der Waals surface area contributed by atoms with Gasteiger partial charge in [-0.05, 0) is 31.4 Å². The Morgan fingerprint density at radius 2 is 2.21 bits per heavy atom. The largest absolute Gasteiger partial charge is 0.350 e.